The number of carboxylic acid groups (broad SMARTS) is 1. The molecule has 1 fully saturated rings. The van der Waals surface area contributed by atoms with E-state index in [-0.39, 0.29) is 11.8 Å². The van der Waals surface area contributed by atoms with Crippen LogP contribution in [-0.2, 0) is 4.79 Å². The smallest absolute Gasteiger partial charge is 0.307 e. The van der Waals surface area contributed by atoms with Gasteiger partial charge in [-0.3, -0.25) is 4.79 Å². The molecule has 2 nitrogen and oxygen atoms in total. The van der Waals surface area contributed by atoms with Crippen molar-refractivity contribution in [1.82, 2.24) is 0 Å². The quantitative estimate of drug-likeness (QED) is 0.708. The monoisotopic (exact) mass is 208 g/mol. The van der Waals surface area contributed by atoms with Crippen LogP contribution in [0.1, 0.15) is 33.6 Å². The Kier molecular flexibility index (Phi) is 2.61. The number of carboxylic acids is 1. The van der Waals surface area contributed by atoms with Crippen molar-refractivity contribution < 1.29 is 9.90 Å². The lowest BCUT2D eigenvalue weighted by atomic mass is 9.58. The Balaban J connectivity index is 2.28. The summed E-state index contributed by atoms with van der Waals surface area (Å²) in [6.45, 7) is 6.59. The number of hydrogen-bond donors (Lipinski definition) is 1. The van der Waals surface area contributed by atoms with Crippen LogP contribution < -0.4 is 0 Å². The molecule has 0 spiro atoms. The van der Waals surface area contributed by atoms with Crippen molar-refractivity contribution in [2.45, 2.75) is 33.6 Å². The second-order valence-electron chi connectivity index (χ2n) is 5.51. The normalized spacial score (nSPS) is 39.3. The highest BCUT2D eigenvalue weighted by atomic mass is 16.4. The number of aliphatic carboxylic acids is 1. The molecule has 0 saturated heterocycles. The lowest BCUT2D eigenvalue weighted by Crippen LogP contribution is -2.42. The summed E-state index contributed by atoms with van der Waals surface area (Å²) >= 11 is 0. The number of allylic oxidation sites excluding steroid dienone is 2. The molecule has 0 amide bonds. The highest BCUT2D eigenvalue weighted by Crippen LogP contribution is 2.49. The van der Waals surface area contributed by atoms with E-state index in [0.29, 0.717) is 17.8 Å². The Morgan fingerprint density at radius 1 is 1.47 bits per heavy atom. The van der Waals surface area contributed by atoms with Crippen molar-refractivity contribution in [1.29, 1.82) is 0 Å². The second kappa shape index (κ2) is 3.66. The van der Waals surface area contributed by atoms with Crippen LogP contribution >= 0.6 is 0 Å². The molecule has 0 heterocycles. The molecule has 3 aliphatic rings. The zero-order chi connectivity index (χ0) is 11.2. The van der Waals surface area contributed by atoms with Gasteiger partial charge < -0.3 is 5.11 Å². The highest BCUT2D eigenvalue weighted by Gasteiger charge is 2.45. The number of rotatable bonds is 2. The average molecular weight is 208 g/mol. The third kappa shape index (κ3) is 1.70. The van der Waals surface area contributed by atoms with Gasteiger partial charge in [0.05, 0.1) is 5.92 Å². The Labute approximate surface area is 91.4 Å². The Hall–Kier alpha value is -0.790. The molecule has 0 aliphatic heterocycles. The van der Waals surface area contributed by atoms with Gasteiger partial charge in [-0.05, 0) is 43.4 Å². The number of carbonyl (C=O) groups is 1. The van der Waals surface area contributed by atoms with Crippen LogP contribution in [0.3, 0.4) is 0 Å². The van der Waals surface area contributed by atoms with Gasteiger partial charge in [0.1, 0.15) is 0 Å². The fraction of sp³-hybridized carbons (Fsp3) is 0.769. The summed E-state index contributed by atoms with van der Waals surface area (Å²) in [6, 6.07) is 0. The molecule has 3 aliphatic carbocycles. The van der Waals surface area contributed by atoms with Crippen molar-refractivity contribution in [3.8, 4) is 0 Å². The minimum Gasteiger partial charge on any atom is -0.481 e. The molecule has 3 unspecified atom stereocenters. The molecule has 84 valence electrons. The van der Waals surface area contributed by atoms with Gasteiger partial charge in [-0.15, -0.1) is 0 Å². The lowest BCUT2D eigenvalue weighted by molar-refractivity contribution is -0.146. The third-order valence-electron chi connectivity index (χ3n) is 4.33. The van der Waals surface area contributed by atoms with Crippen LogP contribution in [0.5, 0.6) is 0 Å². The van der Waals surface area contributed by atoms with Crippen molar-refractivity contribution in [3.63, 3.8) is 0 Å². The van der Waals surface area contributed by atoms with E-state index in [4.69, 9.17) is 0 Å². The molecule has 0 aromatic carbocycles. The van der Waals surface area contributed by atoms with E-state index >= 15 is 0 Å². The highest BCUT2D eigenvalue weighted by molar-refractivity contribution is 5.71. The fourth-order valence-corrected chi connectivity index (χ4v) is 3.38. The van der Waals surface area contributed by atoms with Crippen molar-refractivity contribution in [2.75, 3.05) is 0 Å². The standard InChI is InChI=1S/C13H20O2/c1-7(2)10-5-9-6-12(13(14)15)11(10)4-8(9)3/h4,7,9-12H,5-6H2,1-3H3,(H,14,15)/t9-,10?,11?,12?/m0/s1. The second-order valence-corrected chi connectivity index (χ2v) is 5.51. The number of fused-ring (bicyclic) bond motifs is 2. The first-order valence-electron chi connectivity index (χ1n) is 5.91. The molecular weight excluding hydrogens is 188 g/mol. The maximum Gasteiger partial charge on any atom is 0.307 e. The van der Waals surface area contributed by atoms with Crippen molar-refractivity contribution in [2.24, 2.45) is 29.6 Å². The van der Waals surface area contributed by atoms with Gasteiger partial charge in [0.2, 0.25) is 0 Å². The molecule has 3 rings (SSSR count). The fourth-order valence-electron chi connectivity index (χ4n) is 3.38. The van der Waals surface area contributed by atoms with E-state index in [1.807, 2.05) is 0 Å². The van der Waals surface area contributed by atoms with Crippen LogP contribution in [0.25, 0.3) is 0 Å². The van der Waals surface area contributed by atoms with E-state index in [0.717, 1.165) is 6.42 Å². The molecule has 0 aromatic heterocycles. The summed E-state index contributed by atoms with van der Waals surface area (Å²) in [7, 11) is 0. The summed E-state index contributed by atoms with van der Waals surface area (Å²) in [6.07, 6.45) is 4.31. The predicted octanol–water partition coefficient (Wildman–Crippen LogP) is 2.95. The zero-order valence-electron chi connectivity index (χ0n) is 9.73. The Morgan fingerprint density at radius 2 is 2.13 bits per heavy atom. The first-order chi connectivity index (χ1) is 7.00. The molecular formula is C13H20O2. The maximum atomic E-state index is 11.2. The molecule has 15 heavy (non-hydrogen) atoms. The van der Waals surface area contributed by atoms with Crippen LogP contribution in [0, 0.1) is 29.6 Å². The van der Waals surface area contributed by atoms with E-state index < -0.39 is 5.97 Å². The van der Waals surface area contributed by atoms with Crippen molar-refractivity contribution in [3.05, 3.63) is 11.6 Å². The lowest BCUT2D eigenvalue weighted by Gasteiger charge is -2.46. The van der Waals surface area contributed by atoms with Gasteiger partial charge in [0, 0.05) is 0 Å². The van der Waals surface area contributed by atoms with Gasteiger partial charge >= 0.3 is 5.97 Å². The molecule has 0 radical (unpaired) electrons. The topological polar surface area (TPSA) is 37.3 Å². The molecule has 1 saturated carbocycles. The third-order valence-corrected chi connectivity index (χ3v) is 4.33. The molecule has 0 aromatic rings. The molecule has 2 heteroatoms. The van der Waals surface area contributed by atoms with E-state index in [2.05, 4.69) is 26.8 Å². The van der Waals surface area contributed by atoms with Gasteiger partial charge in [-0.25, -0.2) is 0 Å². The SMILES string of the molecule is CC1=CC2C(C(=O)O)C[C@@H]1CC2C(C)C. The van der Waals surface area contributed by atoms with E-state index in [9.17, 15) is 9.90 Å². The minimum absolute atomic E-state index is 0.125. The maximum absolute atomic E-state index is 11.2. The van der Waals surface area contributed by atoms with Gasteiger partial charge in [0.25, 0.3) is 0 Å². The van der Waals surface area contributed by atoms with E-state index in [1.54, 1.807) is 0 Å². The largest absolute Gasteiger partial charge is 0.481 e. The van der Waals surface area contributed by atoms with Crippen LogP contribution in [0.4, 0.5) is 0 Å². The van der Waals surface area contributed by atoms with Gasteiger partial charge in [0.15, 0.2) is 0 Å². The zero-order valence-corrected chi connectivity index (χ0v) is 9.73. The Bertz CT molecular complexity index is 304. The summed E-state index contributed by atoms with van der Waals surface area (Å²) in [4.78, 5) is 11.2. The number of hydrogen-bond acceptors (Lipinski definition) is 1. The van der Waals surface area contributed by atoms with Gasteiger partial charge in [-0.2, -0.15) is 0 Å². The first-order valence-corrected chi connectivity index (χ1v) is 5.91. The minimum atomic E-state index is -0.598. The van der Waals surface area contributed by atoms with Crippen LogP contribution in [0.2, 0.25) is 0 Å². The molecule has 2 bridgehead atoms. The summed E-state index contributed by atoms with van der Waals surface area (Å²) < 4.78 is 0. The van der Waals surface area contributed by atoms with Crippen molar-refractivity contribution >= 4 is 5.97 Å². The van der Waals surface area contributed by atoms with E-state index in [1.165, 1.54) is 12.0 Å². The van der Waals surface area contributed by atoms with Crippen LogP contribution in [0.15, 0.2) is 11.6 Å². The predicted molar refractivity (Wildman–Crippen MR) is 59.4 cm³/mol. The van der Waals surface area contributed by atoms with Gasteiger partial charge in [-0.1, -0.05) is 25.5 Å². The van der Waals surface area contributed by atoms with Crippen LogP contribution in [-0.4, -0.2) is 11.1 Å². The molecule has 1 N–H and O–H groups in total. The Morgan fingerprint density at radius 3 is 2.60 bits per heavy atom. The average Bonchev–Trinajstić information content (AvgIpc) is 2.17. The summed E-state index contributed by atoms with van der Waals surface area (Å²) in [5.41, 5.74) is 1.43. The summed E-state index contributed by atoms with van der Waals surface area (Å²) in [5.74, 6) is 1.27. The molecule has 4 atom stereocenters. The first kappa shape index (κ1) is 10.7. The summed E-state index contributed by atoms with van der Waals surface area (Å²) in [5, 5.41) is 9.22.